The van der Waals surface area contributed by atoms with Crippen molar-refractivity contribution in [1.29, 1.82) is 0 Å². The highest BCUT2D eigenvalue weighted by atomic mass is 19.1. The van der Waals surface area contributed by atoms with Crippen LogP contribution in [0.15, 0.2) is 43.0 Å². The maximum atomic E-state index is 14.7. The third-order valence-electron chi connectivity index (χ3n) is 8.41. The Kier molecular flexibility index (Phi) is 12.5. The molecule has 2 aliphatic heterocycles. The predicted octanol–water partition coefficient (Wildman–Crippen LogP) is 0.898. The number of carbonyl (C=O) groups is 3. The molecule has 0 bridgehead atoms. The van der Waals surface area contributed by atoms with Gasteiger partial charge in [-0.25, -0.2) is 18.8 Å². The van der Waals surface area contributed by atoms with Crippen molar-refractivity contribution in [3.05, 3.63) is 65.9 Å². The number of nitrogens with one attached hydrogen (secondary N) is 1. The number of nitrogens with zero attached hydrogens (tertiary/aromatic N) is 6. The largest absolute Gasteiger partial charge is 0.508 e. The molecule has 3 heterocycles. The number of piperazine rings is 1. The second-order valence-corrected chi connectivity index (χ2v) is 11.7. The molecule has 2 saturated heterocycles. The molecular weight excluding hydrogens is 598 g/mol. The first kappa shape index (κ1) is 34.9. The number of nitrogens with two attached hydrogens (primary N) is 1. The van der Waals surface area contributed by atoms with Crippen molar-refractivity contribution in [3.63, 3.8) is 0 Å². The van der Waals surface area contributed by atoms with Crippen molar-refractivity contribution in [2.24, 2.45) is 5.84 Å². The van der Waals surface area contributed by atoms with Gasteiger partial charge in [-0.1, -0.05) is 19.1 Å². The molecule has 2 aliphatic rings. The molecule has 14 heteroatoms. The lowest BCUT2D eigenvalue weighted by molar-refractivity contribution is -0.137. The summed E-state index contributed by atoms with van der Waals surface area (Å²) in [5, 5.41) is 13.3. The number of aromatic hydroxyl groups is 1. The molecule has 2 aromatic rings. The number of hydrazine groups is 1. The standard InChI is InChI=1S/C32H44F2N8O4/c1-3-9-42(35)22-31(45)37-29(18-26-27(33)16-25(44)17-28(26)34)32(46)40(10-6-15-43)19-23-7-5-8-30(36-23)41-20-24(21-41)39-13-11-38(4-2)12-14-39/h3,5,7-8,15-17,24,29,44H,1,4,6,9-14,18-22,35H2,2H3,(H,37,45)/t29-/m0/s1. The number of hydrogen-bond acceptors (Lipinski definition) is 10. The first-order valence-electron chi connectivity index (χ1n) is 15.6. The lowest BCUT2D eigenvalue weighted by Gasteiger charge is -2.48. The van der Waals surface area contributed by atoms with Gasteiger partial charge in [-0.05, 0) is 18.7 Å². The molecule has 2 fully saturated rings. The molecule has 2 amide bonds. The molecule has 4 N–H and O–H groups in total. The Balaban J connectivity index is 1.49. The quantitative estimate of drug-likeness (QED) is 0.105. The van der Waals surface area contributed by atoms with Crippen LogP contribution in [0.4, 0.5) is 14.6 Å². The van der Waals surface area contributed by atoms with Gasteiger partial charge in [-0.2, -0.15) is 0 Å². The Hall–Kier alpha value is -3.98. The van der Waals surface area contributed by atoms with Gasteiger partial charge in [-0.15, -0.1) is 6.58 Å². The van der Waals surface area contributed by atoms with Crippen molar-refractivity contribution in [1.82, 2.24) is 30.0 Å². The lowest BCUT2D eigenvalue weighted by atomic mass is 10.0. The zero-order chi connectivity index (χ0) is 33.2. The highest BCUT2D eigenvalue weighted by Crippen LogP contribution is 2.24. The maximum absolute atomic E-state index is 14.7. The molecule has 0 radical (unpaired) electrons. The number of phenols is 1. The Morgan fingerprint density at radius 1 is 1.20 bits per heavy atom. The Labute approximate surface area is 268 Å². The summed E-state index contributed by atoms with van der Waals surface area (Å²) in [6, 6.07) is 6.04. The second kappa shape index (κ2) is 16.5. The summed E-state index contributed by atoms with van der Waals surface area (Å²) in [6.45, 7) is 12.6. The number of hydrogen-bond donors (Lipinski definition) is 3. The third-order valence-corrected chi connectivity index (χ3v) is 8.41. The number of phenolic OH excluding ortho intramolecular Hbond substituents is 1. The van der Waals surface area contributed by atoms with E-state index < -0.39 is 47.2 Å². The van der Waals surface area contributed by atoms with Crippen molar-refractivity contribution in [3.8, 4) is 5.75 Å². The fourth-order valence-electron chi connectivity index (χ4n) is 5.78. The van der Waals surface area contributed by atoms with Gasteiger partial charge in [0.2, 0.25) is 11.8 Å². The van der Waals surface area contributed by atoms with E-state index in [9.17, 15) is 28.3 Å². The van der Waals surface area contributed by atoms with Crippen molar-refractivity contribution in [2.45, 2.75) is 38.4 Å². The van der Waals surface area contributed by atoms with Crippen molar-refractivity contribution >= 4 is 23.9 Å². The van der Waals surface area contributed by atoms with Crippen LogP contribution in [0.1, 0.15) is 24.6 Å². The number of amides is 2. The van der Waals surface area contributed by atoms with Crippen LogP contribution in [0, 0.1) is 11.6 Å². The van der Waals surface area contributed by atoms with E-state index in [1.807, 2.05) is 12.1 Å². The molecule has 46 heavy (non-hydrogen) atoms. The van der Waals surface area contributed by atoms with Gasteiger partial charge in [0, 0.05) is 88.9 Å². The number of anilines is 1. The summed E-state index contributed by atoms with van der Waals surface area (Å²) < 4.78 is 29.5. The van der Waals surface area contributed by atoms with Gasteiger partial charge in [0.15, 0.2) is 0 Å². The number of aromatic nitrogens is 1. The van der Waals surface area contributed by atoms with E-state index >= 15 is 0 Å². The molecule has 1 atom stereocenters. The molecule has 4 rings (SSSR count). The van der Waals surface area contributed by atoms with Gasteiger partial charge >= 0.3 is 0 Å². The molecule has 0 spiro atoms. The van der Waals surface area contributed by atoms with E-state index in [2.05, 4.69) is 33.5 Å². The fraction of sp³-hybridized carbons (Fsp3) is 0.500. The highest BCUT2D eigenvalue weighted by molar-refractivity contribution is 5.88. The van der Waals surface area contributed by atoms with E-state index in [0.29, 0.717) is 18.0 Å². The fourth-order valence-corrected chi connectivity index (χ4v) is 5.78. The SMILES string of the molecule is C=CCN(N)CC(=O)N[C@@H](Cc1c(F)cc(O)cc1F)C(=O)N(CCC=O)Cc1cccc(N2CC(N3CCN(CC)CC3)C2)n1. The molecular formula is C32H44F2N8O4. The predicted molar refractivity (Wildman–Crippen MR) is 170 cm³/mol. The number of aldehydes is 1. The summed E-state index contributed by atoms with van der Waals surface area (Å²) in [5.41, 5.74) is 0.0778. The molecule has 12 nitrogen and oxygen atoms in total. The molecule has 1 aromatic carbocycles. The summed E-state index contributed by atoms with van der Waals surface area (Å²) in [7, 11) is 0. The van der Waals surface area contributed by atoms with Crippen LogP contribution in [-0.4, -0.2) is 125 Å². The minimum absolute atomic E-state index is 0.00302. The molecule has 1 aromatic heterocycles. The number of rotatable bonds is 16. The number of carbonyl (C=O) groups excluding carboxylic acids is 3. The third kappa shape index (κ3) is 9.28. The van der Waals surface area contributed by atoms with E-state index in [4.69, 9.17) is 10.8 Å². The van der Waals surface area contributed by atoms with Crippen LogP contribution in [0.25, 0.3) is 0 Å². The van der Waals surface area contributed by atoms with Crippen LogP contribution in [0.3, 0.4) is 0 Å². The number of benzene rings is 1. The zero-order valence-corrected chi connectivity index (χ0v) is 26.3. The normalized spacial score (nSPS) is 16.6. The van der Waals surface area contributed by atoms with Crippen LogP contribution in [0.5, 0.6) is 5.75 Å². The van der Waals surface area contributed by atoms with Gasteiger partial charge in [0.1, 0.15) is 35.5 Å². The van der Waals surface area contributed by atoms with Crippen LogP contribution in [0.2, 0.25) is 0 Å². The number of likely N-dealkylation sites (N-methyl/N-ethyl adjacent to an activating group) is 1. The minimum atomic E-state index is -1.41. The Bertz CT molecular complexity index is 1340. The van der Waals surface area contributed by atoms with Gasteiger partial charge in [0.25, 0.3) is 0 Å². The van der Waals surface area contributed by atoms with Crippen molar-refractivity contribution < 1.29 is 28.3 Å². The smallest absolute Gasteiger partial charge is 0.245 e. The second-order valence-electron chi connectivity index (χ2n) is 11.7. The van der Waals surface area contributed by atoms with Gasteiger partial charge < -0.3 is 29.9 Å². The molecule has 0 aliphatic carbocycles. The van der Waals surface area contributed by atoms with E-state index in [0.717, 1.165) is 68.8 Å². The first-order valence-corrected chi connectivity index (χ1v) is 15.6. The highest BCUT2D eigenvalue weighted by Gasteiger charge is 2.34. The first-order chi connectivity index (χ1) is 22.1. The zero-order valence-electron chi connectivity index (χ0n) is 26.3. The van der Waals surface area contributed by atoms with Gasteiger partial charge in [0.05, 0.1) is 18.8 Å². The van der Waals surface area contributed by atoms with Crippen LogP contribution in [-0.2, 0) is 27.3 Å². The average molecular weight is 643 g/mol. The molecule has 250 valence electrons. The Morgan fingerprint density at radius 3 is 2.52 bits per heavy atom. The average Bonchev–Trinajstić information content (AvgIpc) is 3.00. The van der Waals surface area contributed by atoms with Crippen LogP contribution >= 0.6 is 0 Å². The molecule has 0 saturated carbocycles. The maximum Gasteiger partial charge on any atom is 0.245 e. The van der Waals surface area contributed by atoms with Crippen molar-refractivity contribution in [2.75, 3.05) is 70.3 Å². The summed E-state index contributed by atoms with van der Waals surface area (Å²) in [4.78, 5) is 51.4. The monoisotopic (exact) mass is 642 g/mol. The van der Waals surface area contributed by atoms with E-state index in [-0.39, 0.29) is 32.6 Å². The summed E-state index contributed by atoms with van der Waals surface area (Å²) in [6.07, 6.45) is 1.62. The van der Waals surface area contributed by atoms with Gasteiger partial charge in [-0.3, -0.25) is 20.3 Å². The Morgan fingerprint density at radius 2 is 1.89 bits per heavy atom. The topological polar surface area (TPSA) is 139 Å². The van der Waals surface area contributed by atoms with E-state index in [1.54, 1.807) is 6.07 Å². The molecule has 0 unspecified atom stereocenters. The lowest BCUT2D eigenvalue weighted by Crippen LogP contribution is -2.63. The number of halogens is 2. The van der Waals surface area contributed by atoms with Crippen LogP contribution < -0.4 is 16.1 Å². The summed E-state index contributed by atoms with van der Waals surface area (Å²) in [5.74, 6) is 2.52. The minimum Gasteiger partial charge on any atom is -0.508 e. The number of pyridine rings is 1. The summed E-state index contributed by atoms with van der Waals surface area (Å²) >= 11 is 0. The van der Waals surface area contributed by atoms with E-state index in [1.165, 1.54) is 11.0 Å².